The lowest BCUT2D eigenvalue weighted by Gasteiger charge is -2.16. The number of hydrogen-bond acceptors (Lipinski definition) is 2. The van der Waals surface area contributed by atoms with Gasteiger partial charge in [-0.2, -0.15) is 0 Å². The molecule has 1 aromatic carbocycles. The zero-order chi connectivity index (χ0) is 11.7. The lowest BCUT2D eigenvalue weighted by atomic mass is 10.1. The fourth-order valence-corrected chi connectivity index (χ4v) is 3.40. The Morgan fingerprint density at radius 2 is 2.24 bits per heavy atom. The highest BCUT2D eigenvalue weighted by Gasteiger charge is 2.31. The first-order valence-corrected chi connectivity index (χ1v) is 7.22. The predicted octanol–water partition coefficient (Wildman–Crippen LogP) is 3.28. The van der Waals surface area contributed by atoms with Gasteiger partial charge in [0.1, 0.15) is 0 Å². The Hall–Kier alpha value is -0.380. The first-order valence-electron chi connectivity index (χ1n) is 6.43. The minimum atomic E-state index is 0.207. The molecular formula is C14H18BrNO. The van der Waals surface area contributed by atoms with Crippen molar-refractivity contribution in [1.82, 2.24) is 5.32 Å². The molecule has 1 saturated heterocycles. The molecule has 17 heavy (non-hydrogen) atoms. The van der Waals surface area contributed by atoms with Crippen LogP contribution < -0.4 is 5.32 Å². The summed E-state index contributed by atoms with van der Waals surface area (Å²) in [6.07, 6.45) is 4.20. The van der Waals surface area contributed by atoms with Crippen LogP contribution in [0.1, 0.15) is 30.9 Å². The van der Waals surface area contributed by atoms with Crippen LogP contribution in [0.5, 0.6) is 0 Å². The molecule has 2 fully saturated rings. The molecule has 2 aliphatic rings. The van der Waals surface area contributed by atoms with Crippen LogP contribution >= 0.6 is 15.9 Å². The molecule has 1 saturated carbocycles. The fraction of sp³-hybridized carbons (Fsp3) is 0.571. The molecule has 1 aromatic rings. The van der Waals surface area contributed by atoms with Crippen molar-refractivity contribution in [3.8, 4) is 0 Å². The molecule has 0 aromatic heterocycles. The van der Waals surface area contributed by atoms with Gasteiger partial charge in [0.2, 0.25) is 0 Å². The number of fused-ring (bicyclic) bond motifs is 1. The largest absolute Gasteiger partial charge is 0.372 e. The zero-order valence-corrected chi connectivity index (χ0v) is 11.4. The average Bonchev–Trinajstić information content (AvgIpc) is 2.68. The van der Waals surface area contributed by atoms with E-state index in [9.17, 15) is 0 Å². The topological polar surface area (TPSA) is 21.3 Å². The van der Waals surface area contributed by atoms with Crippen LogP contribution in [0, 0.1) is 5.92 Å². The van der Waals surface area contributed by atoms with Crippen LogP contribution in [0.25, 0.3) is 0 Å². The molecular weight excluding hydrogens is 278 g/mol. The molecule has 0 amide bonds. The number of nitrogens with one attached hydrogen (secondary N) is 1. The third kappa shape index (κ3) is 2.56. The number of rotatable bonds is 1. The summed E-state index contributed by atoms with van der Waals surface area (Å²) in [7, 11) is 0. The van der Waals surface area contributed by atoms with Crippen LogP contribution in [0.4, 0.5) is 0 Å². The summed E-state index contributed by atoms with van der Waals surface area (Å²) < 4.78 is 7.20. The molecule has 3 unspecified atom stereocenters. The van der Waals surface area contributed by atoms with E-state index in [1.807, 2.05) is 0 Å². The Morgan fingerprint density at radius 1 is 1.29 bits per heavy atom. The van der Waals surface area contributed by atoms with Gasteiger partial charge in [-0.05, 0) is 36.5 Å². The summed E-state index contributed by atoms with van der Waals surface area (Å²) in [6.45, 7) is 1.85. The van der Waals surface area contributed by atoms with Crippen molar-refractivity contribution in [2.24, 2.45) is 5.92 Å². The summed E-state index contributed by atoms with van der Waals surface area (Å²) in [5.74, 6) is 0.729. The van der Waals surface area contributed by atoms with Gasteiger partial charge in [-0.15, -0.1) is 0 Å². The molecule has 1 heterocycles. The maximum absolute atomic E-state index is 6.07. The van der Waals surface area contributed by atoms with Gasteiger partial charge in [-0.1, -0.05) is 34.5 Å². The summed E-state index contributed by atoms with van der Waals surface area (Å²) >= 11 is 3.52. The van der Waals surface area contributed by atoms with E-state index in [0.717, 1.165) is 23.5 Å². The molecule has 0 radical (unpaired) electrons. The van der Waals surface area contributed by atoms with Gasteiger partial charge in [-0.3, -0.25) is 0 Å². The third-order valence-electron chi connectivity index (χ3n) is 3.96. The molecule has 1 aliphatic carbocycles. The van der Waals surface area contributed by atoms with Crippen molar-refractivity contribution in [2.45, 2.75) is 31.4 Å². The molecule has 92 valence electrons. The van der Waals surface area contributed by atoms with Gasteiger partial charge in [0.15, 0.2) is 0 Å². The lowest BCUT2D eigenvalue weighted by molar-refractivity contribution is 0.0473. The second-order valence-electron chi connectivity index (χ2n) is 5.08. The van der Waals surface area contributed by atoms with Crippen LogP contribution in [0.15, 0.2) is 28.7 Å². The first kappa shape index (κ1) is 11.7. The van der Waals surface area contributed by atoms with Crippen molar-refractivity contribution in [3.05, 3.63) is 34.3 Å². The highest BCUT2D eigenvalue weighted by atomic mass is 79.9. The van der Waals surface area contributed by atoms with Crippen molar-refractivity contribution in [3.63, 3.8) is 0 Å². The molecule has 2 nitrogen and oxygen atoms in total. The third-order valence-corrected chi connectivity index (χ3v) is 4.45. The normalized spacial score (nSPS) is 33.1. The Bertz CT molecular complexity index is 382. The van der Waals surface area contributed by atoms with Gasteiger partial charge in [0.05, 0.1) is 12.7 Å². The fourth-order valence-electron chi connectivity index (χ4n) is 2.98. The monoisotopic (exact) mass is 295 g/mol. The van der Waals surface area contributed by atoms with Crippen molar-refractivity contribution >= 4 is 15.9 Å². The van der Waals surface area contributed by atoms with E-state index in [2.05, 4.69) is 45.5 Å². The Morgan fingerprint density at radius 3 is 3.12 bits per heavy atom. The Balaban J connectivity index is 1.73. The lowest BCUT2D eigenvalue weighted by Crippen LogP contribution is -2.32. The van der Waals surface area contributed by atoms with E-state index in [-0.39, 0.29) is 6.10 Å². The number of hydrogen-bond donors (Lipinski definition) is 1. The second-order valence-corrected chi connectivity index (χ2v) is 6.00. The van der Waals surface area contributed by atoms with Crippen molar-refractivity contribution < 1.29 is 4.74 Å². The number of ether oxygens (including phenoxy) is 1. The van der Waals surface area contributed by atoms with E-state index < -0.39 is 0 Å². The highest BCUT2D eigenvalue weighted by Crippen LogP contribution is 2.31. The first-order chi connectivity index (χ1) is 8.33. The Labute approximate surface area is 111 Å². The van der Waals surface area contributed by atoms with Gasteiger partial charge < -0.3 is 10.1 Å². The van der Waals surface area contributed by atoms with Crippen LogP contribution in [0.2, 0.25) is 0 Å². The number of halogens is 1. The van der Waals surface area contributed by atoms with E-state index >= 15 is 0 Å². The molecule has 3 atom stereocenters. The maximum Gasteiger partial charge on any atom is 0.0949 e. The summed E-state index contributed by atoms with van der Waals surface area (Å²) in [6, 6.07) is 9.13. The molecule has 0 bridgehead atoms. The van der Waals surface area contributed by atoms with E-state index in [1.165, 1.54) is 24.8 Å². The van der Waals surface area contributed by atoms with E-state index in [4.69, 9.17) is 4.74 Å². The second kappa shape index (κ2) is 5.09. The summed E-state index contributed by atoms with van der Waals surface area (Å²) in [4.78, 5) is 0. The van der Waals surface area contributed by atoms with Crippen molar-refractivity contribution in [2.75, 3.05) is 13.2 Å². The number of benzene rings is 1. The zero-order valence-electron chi connectivity index (χ0n) is 9.86. The minimum absolute atomic E-state index is 0.207. The SMILES string of the molecule is Brc1cccc(C2CNC3CCCC3CO2)c1. The maximum atomic E-state index is 6.07. The van der Waals surface area contributed by atoms with Gasteiger partial charge in [-0.25, -0.2) is 0 Å². The van der Waals surface area contributed by atoms with Gasteiger partial charge in [0.25, 0.3) is 0 Å². The molecule has 0 spiro atoms. The molecule has 3 heteroatoms. The van der Waals surface area contributed by atoms with E-state index in [0.29, 0.717) is 6.04 Å². The minimum Gasteiger partial charge on any atom is -0.372 e. The van der Waals surface area contributed by atoms with Crippen LogP contribution in [-0.4, -0.2) is 19.2 Å². The summed E-state index contributed by atoms with van der Waals surface area (Å²) in [5.41, 5.74) is 1.27. The molecule has 3 rings (SSSR count). The van der Waals surface area contributed by atoms with Crippen molar-refractivity contribution in [1.29, 1.82) is 0 Å². The van der Waals surface area contributed by atoms with E-state index in [1.54, 1.807) is 0 Å². The molecule has 1 aliphatic heterocycles. The molecule has 1 N–H and O–H groups in total. The smallest absolute Gasteiger partial charge is 0.0949 e. The Kier molecular flexibility index (Phi) is 3.50. The van der Waals surface area contributed by atoms with Gasteiger partial charge >= 0.3 is 0 Å². The van der Waals surface area contributed by atoms with Crippen LogP contribution in [-0.2, 0) is 4.74 Å². The summed E-state index contributed by atoms with van der Waals surface area (Å²) in [5, 5.41) is 3.67. The highest BCUT2D eigenvalue weighted by molar-refractivity contribution is 9.10. The standard InChI is InChI=1S/C14H18BrNO/c15-12-5-1-3-10(7-12)14-8-16-13-6-2-4-11(13)9-17-14/h1,3,5,7,11,13-14,16H,2,4,6,8-9H2. The quantitative estimate of drug-likeness (QED) is 0.858. The predicted molar refractivity (Wildman–Crippen MR) is 72.0 cm³/mol. The van der Waals surface area contributed by atoms with Gasteiger partial charge in [0, 0.05) is 17.1 Å². The van der Waals surface area contributed by atoms with Crippen LogP contribution in [0.3, 0.4) is 0 Å². The average molecular weight is 296 g/mol.